The molecular weight excluding hydrogens is 457 g/mol. The van der Waals surface area contributed by atoms with Crippen LogP contribution in [0.4, 0.5) is 4.39 Å². The van der Waals surface area contributed by atoms with E-state index in [0.717, 1.165) is 44.0 Å². The van der Waals surface area contributed by atoms with Crippen LogP contribution in [-0.2, 0) is 11.3 Å². The Morgan fingerprint density at radius 2 is 1.88 bits per heavy atom. The van der Waals surface area contributed by atoms with Gasteiger partial charge in [-0.1, -0.05) is 24.2 Å². The number of carbonyl (C=O) groups excluding carboxylic acids is 1. The molecular formula is C24H28FN5OS2. The number of amides is 1. The normalized spacial score (nSPS) is 19.3. The molecule has 33 heavy (non-hydrogen) atoms. The number of thioether (sulfide) groups is 1. The number of aromatic nitrogens is 3. The quantitative estimate of drug-likeness (QED) is 0.445. The Hall–Kier alpha value is -2.23. The van der Waals surface area contributed by atoms with Gasteiger partial charge >= 0.3 is 0 Å². The maximum atomic E-state index is 13.6. The minimum Gasteiger partial charge on any atom is -0.334 e. The van der Waals surface area contributed by atoms with E-state index in [-0.39, 0.29) is 17.8 Å². The van der Waals surface area contributed by atoms with Crippen molar-refractivity contribution in [3.05, 3.63) is 58.3 Å². The van der Waals surface area contributed by atoms with Crippen molar-refractivity contribution in [3.8, 4) is 5.69 Å². The Morgan fingerprint density at radius 3 is 2.64 bits per heavy atom. The number of likely N-dealkylation sites (tertiary alicyclic amines) is 2. The molecule has 2 aromatic heterocycles. The number of benzene rings is 1. The summed E-state index contributed by atoms with van der Waals surface area (Å²) in [4.78, 5) is 18.8. The molecule has 2 aliphatic rings. The minimum absolute atomic E-state index is 0.127. The van der Waals surface area contributed by atoms with Gasteiger partial charge in [-0.2, -0.15) is 0 Å². The second-order valence-corrected chi connectivity index (χ2v) is 10.5. The lowest BCUT2D eigenvalue weighted by atomic mass is 10.1. The van der Waals surface area contributed by atoms with Gasteiger partial charge in [-0.25, -0.2) is 4.39 Å². The Morgan fingerprint density at radius 1 is 1.06 bits per heavy atom. The SMILES string of the molecule is O=C(CSc1nnc(CN2CCCCC2)n1-c1ccc(F)cc1)N1CCCC1c1cccs1. The Kier molecular flexibility index (Phi) is 7.08. The van der Waals surface area contributed by atoms with Gasteiger partial charge < -0.3 is 4.90 Å². The summed E-state index contributed by atoms with van der Waals surface area (Å²) in [6.07, 6.45) is 5.71. The van der Waals surface area contributed by atoms with E-state index in [9.17, 15) is 9.18 Å². The first-order chi connectivity index (χ1) is 16.2. The van der Waals surface area contributed by atoms with Gasteiger partial charge in [-0.05, 0) is 74.5 Å². The van der Waals surface area contributed by atoms with Crippen LogP contribution in [0, 0.1) is 5.82 Å². The van der Waals surface area contributed by atoms with E-state index in [1.165, 1.54) is 48.0 Å². The molecule has 2 saturated heterocycles. The van der Waals surface area contributed by atoms with Crippen molar-refractivity contribution in [2.75, 3.05) is 25.4 Å². The van der Waals surface area contributed by atoms with Crippen molar-refractivity contribution in [1.82, 2.24) is 24.6 Å². The largest absolute Gasteiger partial charge is 0.334 e. The van der Waals surface area contributed by atoms with Gasteiger partial charge in [0.1, 0.15) is 5.82 Å². The van der Waals surface area contributed by atoms with Gasteiger partial charge in [0.25, 0.3) is 0 Å². The highest BCUT2D eigenvalue weighted by atomic mass is 32.2. The number of carbonyl (C=O) groups is 1. The highest BCUT2D eigenvalue weighted by Crippen LogP contribution is 2.35. The molecule has 0 aliphatic carbocycles. The molecule has 5 rings (SSSR count). The molecule has 2 fully saturated rings. The molecule has 1 atom stereocenters. The van der Waals surface area contributed by atoms with Crippen LogP contribution in [0.3, 0.4) is 0 Å². The Balaban J connectivity index is 1.34. The van der Waals surface area contributed by atoms with E-state index < -0.39 is 0 Å². The number of halogens is 1. The molecule has 3 aromatic rings. The molecule has 0 N–H and O–H groups in total. The molecule has 0 saturated carbocycles. The molecule has 174 valence electrons. The molecule has 1 unspecified atom stereocenters. The molecule has 4 heterocycles. The number of rotatable bonds is 7. The fourth-order valence-electron chi connectivity index (χ4n) is 4.71. The molecule has 2 aliphatic heterocycles. The van der Waals surface area contributed by atoms with Crippen LogP contribution in [0.25, 0.3) is 5.69 Å². The summed E-state index contributed by atoms with van der Waals surface area (Å²) in [5, 5.41) is 11.7. The minimum atomic E-state index is -0.276. The summed E-state index contributed by atoms with van der Waals surface area (Å²) in [5.74, 6) is 0.992. The van der Waals surface area contributed by atoms with Gasteiger partial charge in [0.2, 0.25) is 5.91 Å². The fraction of sp³-hybridized carbons (Fsp3) is 0.458. The number of hydrogen-bond donors (Lipinski definition) is 0. The molecule has 6 nitrogen and oxygen atoms in total. The molecule has 1 amide bonds. The topological polar surface area (TPSA) is 54.3 Å². The average molecular weight is 486 g/mol. The van der Waals surface area contributed by atoms with E-state index in [4.69, 9.17) is 0 Å². The summed E-state index contributed by atoms with van der Waals surface area (Å²) < 4.78 is 15.6. The van der Waals surface area contributed by atoms with Crippen molar-refractivity contribution in [2.45, 2.75) is 49.8 Å². The highest BCUT2D eigenvalue weighted by molar-refractivity contribution is 7.99. The monoisotopic (exact) mass is 485 g/mol. The van der Waals surface area contributed by atoms with Crippen molar-refractivity contribution in [3.63, 3.8) is 0 Å². The van der Waals surface area contributed by atoms with Crippen LogP contribution >= 0.6 is 23.1 Å². The van der Waals surface area contributed by atoms with E-state index in [1.807, 2.05) is 15.5 Å². The molecule has 9 heteroatoms. The third kappa shape index (κ3) is 5.15. The zero-order chi connectivity index (χ0) is 22.6. The van der Waals surface area contributed by atoms with Gasteiger partial charge in [-0.15, -0.1) is 21.5 Å². The molecule has 0 spiro atoms. The lowest BCUT2D eigenvalue weighted by Gasteiger charge is -2.26. The molecule has 0 radical (unpaired) electrons. The van der Waals surface area contributed by atoms with Gasteiger partial charge in [0.15, 0.2) is 11.0 Å². The zero-order valence-electron chi connectivity index (χ0n) is 18.5. The van der Waals surface area contributed by atoms with Gasteiger partial charge in [0.05, 0.1) is 18.3 Å². The van der Waals surface area contributed by atoms with E-state index in [2.05, 4.69) is 26.5 Å². The smallest absolute Gasteiger partial charge is 0.233 e. The standard InChI is InChI=1S/C24H28FN5OS2/c25-18-8-10-19(11-9-18)30-22(16-28-12-2-1-3-13-28)26-27-24(30)33-17-23(31)29-14-4-6-20(29)21-7-5-15-32-21/h5,7-11,15,20H,1-4,6,12-14,16-17H2. The van der Waals surface area contributed by atoms with Crippen LogP contribution in [0.2, 0.25) is 0 Å². The van der Waals surface area contributed by atoms with Crippen LogP contribution in [-0.4, -0.2) is 55.9 Å². The third-order valence-corrected chi connectivity index (χ3v) is 8.26. The Labute approximate surface area is 201 Å². The van der Waals surface area contributed by atoms with Crippen LogP contribution in [0.15, 0.2) is 46.9 Å². The van der Waals surface area contributed by atoms with Crippen molar-refractivity contribution in [2.24, 2.45) is 0 Å². The predicted molar refractivity (Wildman–Crippen MR) is 129 cm³/mol. The summed E-state index contributed by atoms with van der Waals surface area (Å²) in [5.41, 5.74) is 0.820. The van der Waals surface area contributed by atoms with Gasteiger partial charge in [0, 0.05) is 17.1 Å². The third-order valence-electron chi connectivity index (χ3n) is 6.37. The summed E-state index contributed by atoms with van der Waals surface area (Å²) >= 11 is 3.13. The summed E-state index contributed by atoms with van der Waals surface area (Å²) in [7, 11) is 0. The van der Waals surface area contributed by atoms with Gasteiger partial charge in [-0.3, -0.25) is 14.3 Å². The van der Waals surface area contributed by atoms with E-state index in [1.54, 1.807) is 23.5 Å². The average Bonchev–Trinajstić information content (AvgIpc) is 3.59. The Bertz CT molecular complexity index is 1060. The maximum absolute atomic E-state index is 13.6. The second-order valence-electron chi connectivity index (χ2n) is 8.60. The fourth-order valence-corrected chi connectivity index (χ4v) is 6.44. The van der Waals surface area contributed by atoms with E-state index in [0.29, 0.717) is 17.5 Å². The van der Waals surface area contributed by atoms with Crippen LogP contribution in [0.1, 0.15) is 48.8 Å². The first kappa shape index (κ1) is 22.6. The molecule has 1 aromatic carbocycles. The van der Waals surface area contributed by atoms with E-state index >= 15 is 0 Å². The second kappa shape index (κ2) is 10.4. The number of thiophene rings is 1. The maximum Gasteiger partial charge on any atom is 0.233 e. The summed E-state index contributed by atoms with van der Waals surface area (Å²) in [6.45, 7) is 3.60. The number of hydrogen-bond acceptors (Lipinski definition) is 6. The predicted octanol–water partition coefficient (Wildman–Crippen LogP) is 4.91. The number of piperidine rings is 1. The first-order valence-corrected chi connectivity index (χ1v) is 13.4. The lowest BCUT2D eigenvalue weighted by Crippen LogP contribution is -2.31. The highest BCUT2D eigenvalue weighted by Gasteiger charge is 2.31. The van der Waals surface area contributed by atoms with Crippen molar-refractivity contribution < 1.29 is 9.18 Å². The van der Waals surface area contributed by atoms with Crippen molar-refractivity contribution in [1.29, 1.82) is 0 Å². The van der Waals surface area contributed by atoms with Crippen molar-refractivity contribution >= 4 is 29.0 Å². The zero-order valence-corrected chi connectivity index (χ0v) is 20.2. The molecule has 0 bridgehead atoms. The first-order valence-electron chi connectivity index (χ1n) is 11.6. The number of nitrogens with zero attached hydrogens (tertiary/aromatic N) is 5. The lowest BCUT2D eigenvalue weighted by molar-refractivity contribution is -0.129. The summed E-state index contributed by atoms with van der Waals surface area (Å²) in [6, 6.07) is 10.7. The van der Waals surface area contributed by atoms with Crippen LogP contribution in [0.5, 0.6) is 0 Å². The van der Waals surface area contributed by atoms with Crippen LogP contribution < -0.4 is 0 Å².